The van der Waals surface area contributed by atoms with E-state index in [0.717, 1.165) is 27.7 Å². The average Bonchev–Trinajstić information content (AvgIpc) is 3.17. The minimum absolute atomic E-state index is 0.139. The lowest BCUT2D eigenvalue weighted by atomic mass is 10.0. The topological polar surface area (TPSA) is 53.9 Å². The van der Waals surface area contributed by atoms with Crippen molar-refractivity contribution in [2.45, 2.75) is 19.4 Å². The molecule has 4 rings (SSSR count). The first-order valence-electron chi connectivity index (χ1n) is 9.40. The highest BCUT2D eigenvalue weighted by molar-refractivity contribution is 6.02. The van der Waals surface area contributed by atoms with Gasteiger partial charge in [0.25, 0.3) is 0 Å². The number of hydrogen-bond acceptors (Lipinski definition) is 3. The Balaban J connectivity index is 1.37. The molecule has 5 nitrogen and oxygen atoms in total. The Kier molecular flexibility index (Phi) is 4.98. The summed E-state index contributed by atoms with van der Waals surface area (Å²) in [5.74, 6) is 0. The first kappa shape index (κ1) is 18.0. The Morgan fingerprint density at radius 3 is 2.68 bits per heavy atom. The monoisotopic (exact) mass is 373 g/mol. The molecule has 0 spiro atoms. The number of aryl methyl sites for hydroxylation is 1. The maximum absolute atomic E-state index is 12.7. The van der Waals surface area contributed by atoms with Crippen LogP contribution in [-0.2, 0) is 4.84 Å². The summed E-state index contributed by atoms with van der Waals surface area (Å²) in [5.41, 5.74) is 4.01. The molecule has 1 atom stereocenters. The molecule has 1 aliphatic heterocycles. The van der Waals surface area contributed by atoms with E-state index in [4.69, 9.17) is 4.84 Å². The number of benzene rings is 3. The maximum atomic E-state index is 12.7. The summed E-state index contributed by atoms with van der Waals surface area (Å²) in [6, 6.07) is 22.0. The smallest absolute Gasteiger partial charge is 0.321 e. The SMILES string of the molecule is Cc1ccc(C2=NOC(CN(C)C(=O)Nc3cccc4ccccc34)C2)cc1. The van der Waals surface area contributed by atoms with Gasteiger partial charge in [0.15, 0.2) is 6.10 Å². The zero-order valence-electron chi connectivity index (χ0n) is 16.1. The van der Waals surface area contributed by atoms with E-state index >= 15 is 0 Å². The zero-order chi connectivity index (χ0) is 19.5. The third-order valence-electron chi connectivity index (χ3n) is 4.97. The van der Waals surface area contributed by atoms with Crippen LogP contribution in [-0.4, -0.2) is 36.3 Å². The predicted molar refractivity (Wildman–Crippen MR) is 113 cm³/mol. The van der Waals surface area contributed by atoms with Gasteiger partial charge in [0.2, 0.25) is 0 Å². The first-order valence-corrected chi connectivity index (χ1v) is 9.40. The van der Waals surface area contributed by atoms with Crippen LogP contribution in [0.15, 0.2) is 71.9 Å². The lowest BCUT2D eigenvalue weighted by Gasteiger charge is -2.21. The van der Waals surface area contributed by atoms with Crippen molar-refractivity contribution < 1.29 is 9.63 Å². The summed E-state index contributed by atoms with van der Waals surface area (Å²) in [6.45, 7) is 2.53. The second-order valence-electron chi connectivity index (χ2n) is 7.17. The van der Waals surface area contributed by atoms with Crippen molar-refractivity contribution in [1.82, 2.24) is 4.90 Å². The molecule has 0 saturated carbocycles. The Labute approximate surface area is 164 Å². The fraction of sp³-hybridized carbons (Fsp3) is 0.217. The minimum Gasteiger partial charge on any atom is -0.390 e. The van der Waals surface area contributed by atoms with Gasteiger partial charge in [-0.3, -0.25) is 0 Å². The Morgan fingerprint density at radius 1 is 1.11 bits per heavy atom. The van der Waals surface area contributed by atoms with Crippen LogP contribution in [0.1, 0.15) is 17.5 Å². The molecule has 2 amide bonds. The van der Waals surface area contributed by atoms with Crippen LogP contribution in [0.25, 0.3) is 10.8 Å². The van der Waals surface area contributed by atoms with Gasteiger partial charge in [-0.15, -0.1) is 0 Å². The van der Waals surface area contributed by atoms with Gasteiger partial charge in [0, 0.05) is 18.9 Å². The molecule has 5 heteroatoms. The fourth-order valence-electron chi connectivity index (χ4n) is 3.38. The molecule has 1 unspecified atom stereocenters. The van der Waals surface area contributed by atoms with E-state index in [0.29, 0.717) is 13.0 Å². The van der Waals surface area contributed by atoms with E-state index in [1.54, 1.807) is 11.9 Å². The number of oxime groups is 1. The molecule has 0 radical (unpaired) electrons. The highest BCUT2D eigenvalue weighted by Crippen LogP contribution is 2.23. The van der Waals surface area contributed by atoms with Gasteiger partial charge in [0.05, 0.1) is 17.9 Å². The van der Waals surface area contributed by atoms with Crippen LogP contribution >= 0.6 is 0 Å². The van der Waals surface area contributed by atoms with Crippen LogP contribution in [0.5, 0.6) is 0 Å². The Morgan fingerprint density at radius 2 is 1.86 bits per heavy atom. The van der Waals surface area contributed by atoms with E-state index in [2.05, 4.69) is 41.7 Å². The molecule has 0 saturated heterocycles. The quantitative estimate of drug-likeness (QED) is 0.714. The van der Waals surface area contributed by atoms with Gasteiger partial charge < -0.3 is 15.1 Å². The minimum atomic E-state index is -0.163. The van der Waals surface area contributed by atoms with Crippen LogP contribution in [0, 0.1) is 6.92 Å². The number of likely N-dealkylation sites (N-methyl/N-ethyl adjacent to an activating group) is 1. The standard InChI is InChI=1S/C23H23N3O2/c1-16-10-12-18(13-11-16)22-14-19(28-25-22)15-26(2)23(27)24-21-9-5-7-17-6-3-4-8-20(17)21/h3-13,19H,14-15H2,1-2H3,(H,24,27). The Bertz CT molecular complexity index is 1020. The maximum Gasteiger partial charge on any atom is 0.321 e. The molecule has 1 N–H and O–H groups in total. The average molecular weight is 373 g/mol. The Hall–Kier alpha value is -3.34. The number of nitrogens with zero attached hydrogens (tertiary/aromatic N) is 2. The van der Waals surface area contributed by atoms with Gasteiger partial charge in [-0.1, -0.05) is 71.4 Å². The molecule has 0 aromatic heterocycles. The molecule has 0 bridgehead atoms. The first-order chi connectivity index (χ1) is 13.6. The normalized spacial score (nSPS) is 15.8. The number of urea groups is 1. The number of carbonyl (C=O) groups is 1. The van der Waals surface area contributed by atoms with E-state index in [1.165, 1.54) is 5.56 Å². The van der Waals surface area contributed by atoms with Gasteiger partial charge in [-0.25, -0.2) is 4.79 Å². The molecule has 0 fully saturated rings. The van der Waals surface area contributed by atoms with Crippen LogP contribution < -0.4 is 5.32 Å². The van der Waals surface area contributed by atoms with Crippen molar-refractivity contribution in [1.29, 1.82) is 0 Å². The predicted octanol–water partition coefficient (Wildman–Crippen LogP) is 4.81. The van der Waals surface area contributed by atoms with Crippen molar-refractivity contribution in [2.75, 3.05) is 18.9 Å². The summed E-state index contributed by atoms with van der Waals surface area (Å²) in [4.78, 5) is 19.9. The largest absolute Gasteiger partial charge is 0.390 e. The molecule has 3 aromatic carbocycles. The highest BCUT2D eigenvalue weighted by atomic mass is 16.6. The number of amides is 2. The summed E-state index contributed by atoms with van der Waals surface area (Å²) < 4.78 is 0. The van der Waals surface area contributed by atoms with Crippen LogP contribution in [0.4, 0.5) is 10.5 Å². The van der Waals surface area contributed by atoms with Gasteiger partial charge in [-0.2, -0.15) is 0 Å². The summed E-state index contributed by atoms with van der Waals surface area (Å²) in [6.07, 6.45) is 0.550. The second kappa shape index (κ2) is 7.72. The number of carbonyl (C=O) groups excluding carboxylic acids is 1. The third-order valence-corrected chi connectivity index (χ3v) is 4.97. The van der Waals surface area contributed by atoms with Gasteiger partial charge >= 0.3 is 6.03 Å². The van der Waals surface area contributed by atoms with Crippen molar-refractivity contribution in [2.24, 2.45) is 5.16 Å². The van der Waals surface area contributed by atoms with E-state index in [-0.39, 0.29) is 12.1 Å². The molecule has 3 aromatic rings. The van der Waals surface area contributed by atoms with Gasteiger partial charge in [-0.05, 0) is 23.9 Å². The number of hydrogen-bond donors (Lipinski definition) is 1. The fourth-order valence-corrected chi connectivity index (χ4v) is 3.38. The molecule has 0 aliphatic carbocycles. The molecule has 28 heavy (non-hydrogen) atoms. The number of anilines is 1. The lowest BCUT2D eigenvalue weighted by molar-refractivity contribution is 0.0672. The van der Waals surface area contributed by atoms with Crippen molar-refractivity contribution in [3.05, 3.63) is 77.9 Å². The van der Waals surface area contributed by atoms with E-state index in [1.807, 2.05) is 42.5 Å². The molecular formula is C23H23N3O2. The molecule has 1 heterocycles. The van der Waals surface area contributed by atoms with Crippen molar-refractivity contribution >= 4 is 28.2 Å². The number of fused-ring (bicyclic) bond motifs is 1. The second-order valence-corrected chi connectivity index (χ2v) is 7.17. The molecular weight excluding hydrogens is 350 g/mol. The van der Waals surface area contributed by atoms with E-state index in [9.17, 15) is 4.79 Å². The number of nitrogens with one attached hydrogen (secondary N) is 1. The molecule has 142 valence electrons. The molecule has 1 aliphatic rings. The zero-order valence-corrected chi connectivity index (χ0v) is 16.1. The summed E-state index contributed by atoms with van der Waals surface area (Å²) >= 11 is 0. The van der Waals surface area contributed by atoms with E-state index < -0.39 is 0 Å². The van der Waals surface area contributed by atoms with Crippen molar-refractivity contribution in [3.63, 3.8) is 0 Å². The van der Waals surface area contributed by atoms with Crippen molar-refractivity contribution in [3.8, 4) is 0 Å². The summed E-state index contributed by atoms with van der Waals surface area (Å²) in [7, 11) is 1.77. The lowest BCUT2D eigenvalue weighted by Crippen LogP contribution is -2.37. The van der Waals surface area contributed by atoms with Crippen LogP contribution in [0.3, 0.4) is 0 Å². The van der Waals surface area contributed by atoms with Crippen LogP contribution in [0.2, 0.25) is 0 Å². The summed E-state index contributed by atoms with van der Waals surface area (Å²) in [5, 5.41) is 9.33. The third kappa shape index (κ3) is 3.83. The number of rotatable bonds is 4. The van der Waals surface area contributed by atoms with Gasteiger partial charge in [0.1, 0.15) is 0 Å². The highest BCUT2D eigenvalue weighted by Gasteiger charge is 2.25.